The maximum atomic E-state index is 6.00. The maximum Gasteiger partial charge on any atom is 0.164 e. The van der Waals surface area contributed by atoms with Crippen LogP contribution in [-0.2, 0) is 15.9 Å². The van der Waals surface area contributed by atoms with E-state index in [4.69, 9.17) is 18.9 Å². The Morgan fingerprint density at radius 2 is 1.91 bits per heavy atom. The first-order valence-electron chi connectivity index (χ1n) is 7.49. The van der Waals surface area contributed by atoms with Gasteiger partial charge in [0.15, 0.2) is 11.5 Å². The summed E-state index contributed by atoms with van der Waals surface area (Å²) in [6.45, 7) is 5.21. The van der Waals surface area contributed by atoms with E-state index in [0.29, 0.717) is 0 Å². The minimum Gasteiger partial charge on any atom is -0.493 e. The fourth-order valence-electron chi connectivity index (χ4n) is 3.13. The molecule has 0 aromatic heterocycles. The SMILES string of the molecule is COc1ccc2c(c1OC)CCOC2CN1CCOCC1.Cl. The molecule has 2 aliphatic heterocycles. The molecule has 0 aliphatic carbocycles. The van der Waals surface area contributed by atoms with Crippen molar-refractivity contribution in [2.24, 2.45) is 0 Å². The largest absolute Gasteiger partial charge is 0.493 e. The summed E-state index contributed by atoms with van der Waals surface area (Å²) in [6, 6.07) is 4.08. The van der Waals surface area contributed by atoms with E-state index in [2.05, 4.69) is 11.0 Å². The van der Waals surface area contributed by atoms with Crippen molar-refractivity contribution < 1.29 is 18.9 Å². The lowest BCUT2D eigenvalue weighted by atomic mass is 9.95. The molecule has 124 valence electrons. The lowest BCUT2D eigenvalue weighted by Crippen LogP contribution is -2.40. The highest BCUT2D eigenvalue weighted by Crippen LogP contribution is 2.39. The summed E-state index contributed by atoms with van der Waals surface area (Å²) in [5, 5.41) is 0. The second-order valence-electron chi connectivity index (χ2n) is 5.39. The Bertz CT molecular complexity index is 491. The number of ether oxygens (including phenoxy) is 4. The first-order chi connectivity index (χ1) is 10.3. The van der Waals surface area contributed by atoms with Gasteiger partial charge < -0.3 is 18.9 Å². The molecule has 6 heteroatoms. The number of rotatable bonds is 4. The van der Waals surface area contributed by atoms with Crippen LogP contribution < -0.4 is 9.47 Å². The van der Waals surface area contributed by atoms with Crippen LogP contribution in [0, 0.1) is 0 Å². The molecule has 2 heterocycles. The Morgan fingerprint density at radius 1 is 1.14 bits per heavy atom. The van der Waals surface area contributed by atoms with Crippen molar-refractivity contribution >= 4 is 12.4 Å². The van der Waals surface area contributed by atoms with Crippen LogP contribution in [0.15, 0.2) is 12.1 Å². The summed E-state index contributed by atoms with van der Waals surface area (Å²) < 4.78 is 22.4. The van der Waals surface area contributed by atoms with E-state index in [0.717, 1.165) is 57.4 Å². The number of hydrogen-bond acceptors (Lipinski definition) is 5. The van der Waals surface area contributed by atoms with Gasteiger partial charge in [-0.2, -0.15) is 0 Å². The van der Waals surface area contributed by atoms with Crippen LogP contribution in [0.5, 0.6) is 11.5 Å². The molecular formula is C16H24ClNO4. The zero-order valence-corrected chi connectivity index (χ0v) is 14.0. The molecule has 0 saturated carbocycles. The molecule has 0 radical (unpaired) electrons. The van der Waals surface area contributed by atoms with Gasteiger partial charge in [-0.25, -0.2) is 0 Å². The number of benzene rings is 1. The van der Waals surface area contributed by atoms with Gasteiger partial charge in [0.1, 0.15) is 0 Å². The van der Waals surface area contributed by atoms with E-state index in [1.54, 1.807) is 14.2 Å². The molecule has 22 heavy (non-hydrogen) atoms. The Labute approximate surface area is 137 Å². The van der Waals surface area contributed by atoms with Crippen LogP contribution in [0.1, 0.15) is 17.2 Å². The second-order valence-corrected chi connectivity index (χ2v) is 5.39. The summed E-state index contributed by atoms with van der Waals surface area (Å²) in [5.41, 5.74) is 2.45. The van der Waals surface area contributed by atoms with E-state index >= 15 is 0 Å². The van der Waals surface area contributed by atoms with Gasteiger partial charge in [-0.1, -0.05) is 6.07 Å². The van der Waals surface area contributed by atoms with Crippen LogP contribution in [0.3, 0.4) is 0 Å². The molecular weight excluding hydrogens is 306 g/mol. The molecule has 0 amide bonds. The quantitative estimate of drug-likeness (QED) is 0.845. The van der Waals surface area contributed by atoms with Crippen LogP contribution in [0.2, 0.25) is 0 Å². The standard InChI is InChI=1S/C16H23NO4.ClH/c1-18-14-4-3-12-13(16(14)19-2)5-8-21-15(12)11-17-6-9-20-10-7-17;/h3-4,15H,5-11H2,1-2H3;1H. The highest BCUT2D eigenvalue weighted by atomic mass is 35.5. The first-order valence-corrected chi connectivity index (χ1v) is 7.49. The predicted octanol–water partition coefficient (Wildman–Crippen LogP) is 2.07. The highest BCUT2D eigenvalue weighted by molar-refractivity contribution is 5.85. The average Bonchev–Trinajstić information content (AvgIpc) is 2.55. The molecule has 1 aromatic carbocycles. The zero-order chi connectivity index (χ0) is 14.7. The van der Waals surface area contributed by atoms with E-state index in [-0.39, 0.29) is 18.5 Å². The molecule has 1 atom stereocenters. The molecule has 5 nitrogen and oxygen atoms in total. The van der Waals surface area contributed by atoms with E-state index in [1.807, 2.05) is 6.07 Å². The summed E-state index contributed by atoms with van der Waals surface area (Å²) in [6.07, 6.45) is 0.974. The van der Waals surface area contributed by atoms with Gasteiger partial charge in [-0.05, 0) is 18.1 Å². The van der Waals surface area contributed by atoms with Crippen molar-refractivity contribution in [3.05, 3.63) is 23.3 Å². The van der Waals surface area contributed by atoms with Gasteiger partial charge in [-0.3, -0.25) is 4.90 Å². The van der Waals surface area contributed by atoms with E-state index in [1.165, 1.54) is 11.1 Å². The summed E-state index contributed by atoms with van der Waals surface area (Å²) in [7, 11) is 3.37. The lowest BCUT2D eigenvalue weighted by Gasteiger charge is -2.34. The monoisotopic (exact) mass is 329 g/mol. The summed E-state index contributed by atoms with van der Waals surface area (Å²) >= 11 is 0. The molecule has 1 unspecified atom stereocenters. The molecule has 2 aliphatic rings. The van der Waals surface area contributed by atoms with Crippen molar-refractivity contribution in [1.82, 2.24) is 4.90 Å². The topological polar surface area (TPSA) is 40.2 Å². The second kappa shape index (κ2) is 8.02. The molecule has 1 aromatic rings. The average molecular weight is 330 g/mol. The number of fused-ring (bicyclic) bond motifs is 1. The number of methoxy groups -OCH3 is 2. The van der Waals surface area contributed by atoms with Crippen molar-refractivity contribution in [2.45, 2.75) is 12.5 Å². The minimum absolute atomic E-state index is 0. The smallest absolute Gasteiger partial charge is 0.164 e. The van der Waals surface area contributed by atoms with Crippen molar-refractivity contribution in [1.29, 1.82) is 0 Å². The minimum atomic E-state index is 0. The molecule has 0 spiro atoms. The van der Waals surface area contributed by atoms with E-state index < -0.39 is 0 Å². The molecule has 1 saturated heterocycles. The molecule has 3 rings (SSSR count). The van der Waals surface area contributed by atoms with Crippen LogP contribution in [0.4, 0.5) is 0 Å². The first kappa shape index (κ1) is 17.3. The Morgan fingerprint density at radius 3 is 2.59 bits per heavy atom. The summed E-state index contributed by atoms with van der Waals surface area (Å²) in [5.74, 6) is 1.65. The Hall–Kier alpha value is -1.01. The number of nitrogens with zero attached hydrogens (tertiary/aromatic N) is 1. The zero-order valence-electron chi connectivity index (χ0n) is 13.2. The van der Waals surface area contributed by atoms with Gasteiger partial charge in [-0.15, -0.1) is 12.4 Å². The maximum absolute atomic E-state index is 6.00. The third kappa shape index (κ3) is 3.49. The summed E-state index contributed by atoms with van der Waals surface area (Å²) in [4.78, 5) is 2.40. The number of halogens is 1. The number of morpholine rings is 1. The van der Waals surface area contributed by atoms with Crippen molar-refractivity contribution in [2.75, 3.05) is 53.7 Å². The molecule has 0 bridgehead atoms. The fourth-order valence-corrected chi connectivity index (χ4v) is 3.13. The van der Waals surface area contributed by atoms with Crippen LogP contribution in [-0.4, -0.2) is 58.6 Å². The van der Waals surface area contributed by atoms with Gasteiger partial charge in [0.05, 0.1) is 40.1 Å². The van der Waals surface area contributed by atoms with Crippen LogP contribution >= 0.6 is 12.4 Å². The lowest BCUT2D eigenvalue weighted by molar-refractivity contribution is -0.0183. The third-order valence-electron chi connectivity index (χ3n) is 4.23. The fraction of sp³-hybridized carbons (Fsp3) is 0.625. The Kier molecular flexibility index (Phi) is 6.32. The Balaban J connectivity index is 0.00000176. The number of hydrogen-bond donors (Lipinski definition) is 0. The highest BCUT2D eigenvalue weighted by Gasteiger charge is 2.27. The third-order valence-corrected chi connectivity index (χ3v) is 4.23. The molecule has 1 fully saturated rings. The van der Waals surface area contributed by atoms with Crippen LogP contribution in [0.25, 0.3) is 0 Å². The van der Waals surface area contributed by atoms with Gasteiger partial charge in [0.25, 0.3) is 0 Å². The predicted molar refractivity (Wildman–Crippen MR) is 86.5 cm³/mol. The van der Waals surface area contributed by atoms with Crippen molar-refractivity contribution in [3.8, 4) is 11.5 Å². The van der Waals surface area contributed by atoms with Crippen molar-refractivity contribution in [3.63, 3.8) is 0 Å². The normalized spacial score (nSPS) is 21.6. The van der Waals surface area contributed by atoms with Gasteiger partial charge in [0, 0.05) is 25.2 Å². The van der Waals surface area contributed by atoms with Gasteiger partial charge in [0.2, 0.25) is 0 Å². The van der Waals surface area contributed by atoms with Gasteiger partial charge >= 0.3 is 0 Å². The molecule has 0 N–H and O–H groups in total. The van der Waals surface area contributed by atoms with E-state index in [9.17, 15) is 0 Å².